The van der Waals surface area contributed by atoms with Crippen LogP contribution in [0.15, 0.2) is 0 Å². The van der Waals surface area contributed by atoms with Crippen LogP contribution < -0.4 is 0 Å². The van der Waals surface area contributed by atoms with Crippen LogP contribution in [0, 0.1) is 0 Å². The van der Waals surface area contributed by atoms with Crippen molar-refractivity contribution in [2.45, 2.75) is 38.6 Å². The topological polar surface area (TPSA) is 78.9 Å². The normalized spacial score (nSPS) is 10.5. The Hall–Kier alpha value is -0.791. The second-order valence-electron chi connectivity index (χ2n) is 3.21. The van der Waals surface area contributed by atoms with Gasteiger partial charge in [-0.2, -0.15) is 0 Å². The summed E-state index contributed by atoms with van der Waals surface area (Å²) in [5.41, 5.74) is 0. The first-order valence-corrected chi connectivity index (χ1v) is 10.4. The Morgan fingerprint density at radius 2 is 1.19 bits per heavy atom. The Bertz CT molecular complexity index is 247. The van der Waals surface area contributed by atoms with Crippen molar-refractivity contribution in [3.8, 4) is 0 Å². The summed E-state index contributed by atoms with van der Waals surface area (Å²) in [6, 6.07) is 0. The Balaban J connectivity index is 4.93. The molecule has 0 saturated carbocycles. The first kappa shape index (κ1) is 15.2. The third-order valence-electron chi connectivity index (χ3n) is 1.45. The molecule has 0 aromatic carbocycles. The van der Waals surface area contributed by atoms with Crippen LogP contribution in [-0.4, -0.2) is 37.5 Å². The van der Waals surface area contributed by atoms with Crippen molar-refractivity contribution in [2.75, 3.05) is 0 Å². The number of carbonyl (C=O) groups is 3. The molecule has 0 aliphatic carbocycles. The number of carbonyl (C=O) groups excluding carboxylic acids is 3. The van der Waals surface area contributed by atoms with Gasteiger partial charge in [0, 0.05) is 0 Å². The van der Waals surface area contributed by atoms with Crippen LogP contribution in [0.1, 0.15) is 34.1 Å². The molecule has 0 amide bonds. The molecule has 0 aromatic heterocycles. The molecule has 0 rings (SSSR count). The minimum absolute atomic E-state index is 0.299. The summed E-state index contributed by atoms with van der Waals surface area (Å²) in [6.07, 6.45) is 0.601. The van der Waals surface area contributed by atoms with E-state index in [2.05, 4.69) is 0 Å². The molecule has 0 unspecified atom stereocenters. The van der Waals surface area contributed by atoms with Gasteiger partial charge >= 0.3 is 99.7 Å². The molecule has 7 heteroatoms. The molecule has 0 bridgehead atoms. The van der Waals surface area contributed by atoms with E-state index in [0.717, 1.165) is 0 Å². The predicted octanol–water partition coefficient (Wildman–Crippen LogP) is 1.02. The van der Waals surface area contributed by atoms with Gasteiger partial charge in [0.25, 0.3) is 0 Å². The van der Waals surface area contributed by atoms with Crippen LogP contribution in [0.4, 0.5) is 0 Å². The van der Waals surface area contributed by atoms with E-state index in [1.165, 1.54) is 20.8 Å². The van der Waals surface area contributed by atoms with Gasteiger partial charge in [-0.1, -0.05) is 0 Å². The van der Waals surface area contributed by atoms with E-state index < -0.39 is 37.5 Å². The molecule has 0 heterocycles. The van der Waals surface area contributed by atoms with Gasteiger partial charge in [0.1, 0.15) is 0 Å². The fraction of sp³-hybridized carbons (Fsp3) is 0.667. The molecule has 6 nitrogen and oxygen atoms in total. The summed E-state index contributed by atoms with van der Waals surface area (Å²) in [5.74, 6) is -1.81. The Morgan fingerprint density at radius 3 is 1.38 bits per heavy atom. The zero-order chi connectivity index (χ0) is 12.8. The number of hydrogen-bond acceptors (Lipinski definition) is 6. The van der Waals surface area contributed by atoms with Crippen LogP contribution in [0.25, 0.3) is 0 Å². The van der Waals surface area contributed by atoms with E-state index in [9.17, 15) is 14.4 Å². The van der Waals surface area contributed by atoms with Crippen molar-refractivity contribution in [1.29, 1.82) is 0 Å². The fourth-order valence-corrected chi connectivity index (χ4v) is 7.91. The monoisotopic (exact) mass is 340 g/mol. The van der Waals surface area contributed by atoms with Gasteiger partial charge in [-0.3, -0.25) is 0 Å². The molecule has 0 aromatic rings. The second-order valence-corrected chi connectivity index (χ2v) is 10.3. The summed E-state index contributed by atoms with van der Waals surface area (Å²) >= 11 is -4.35. The van der Waals surface area contributed by atoms with Crippen LogP contribution in [0.3, 0.4) is 0 Å². The van der Waals surface area contributed by atoms with Gasteiger partial charge in [0.05, 0.1) is 0 Å². The summed E-state index contributed by atoms with van der Waals surface area (Å²) in [4.78, 5) is 32.8. The molecule has 0 saturated heterocycles. The Morgan fingerprint density at radius 1 is 0.875 bits per heavy atom. The minimum atomic E-state index is -4.35. The van der Waals surface area contributed by atoms with Gasteiger partial charge in [-0.25, -0.2) is 0 Å². The zero-order valence-electron chi connectivity index (χ0n) is 9.86. The predicted molar refractivity (Wildman–Crippen MR) is 56.2 cm³/mol. The SMILES string of the molecule is CC[CH2][Sn]([O]C(C)=O)([O]C(C)=O)[O]C(C)=O. The summed E-state index contributed by atoms with van der Waals surface area (Å²) in [7, 11) is 0. The molecule has 0 radical (unpaired) electrons. The van der Waals surface area contributed by atoms with E-state index in [4.69, 9.17) is 9.22 Å². The summed E-state index contributed by atoms with van der Waals surface area (Å²) in [5, 5.41) is 0. The van der Waals surface area contributed by atoms with Crippen molar-refractivity contribution in [2.24, 2.45) is 0 Å². The maximum absolute atomic E-state index is 10.9. The van der Waals surface area contributed by atoms with Gasteiger partial charge in [-0.05, 0) is 0 Å². The summed E-state index contributed by atoms with van der Waals surface area (Å²) in [6.45, 7) is 5.39. The number of rotatable bonds is 5. The average molecular weight is 339 g/mol. The van der Waals surface area contributed by atoms with Crippen molar-refractivity contribution in [1.82, 2.24) is 0 Å². The van der Waals surface area contributed by atoms with Crippen molar-refractivity contribution in [3.63, 3.8) is 0 Å². The van der Waals surface area contributed by atoms with Gasteiger partial charge < -0.3 is 0 Å². The first-order chi connectivity index (χ1) is 7.31. The summed E-state index contributed by atoms with van der Waals surface area (Å²) < 4.78 is 15.3. The standard InChI is InChI=1S/C3H7.3C2H4O2.Sn/c1-3-2;3*1-2(3)4;/h1,3H2,2H3;3*1H3,(H,3,4);/q;;;;+3/p-3. The molecule has 92 valence electrons. The fourth-order valence-electron chi connectivity index (χ4n) is 1.18. The van der Waals surface area contributed by atoms with Gasteiger partial charge in [-0.15, -0.1) is 0 Å². The quantitative estimate of drug-likeness (QED) is 0.696. The molecule has 0 aliphatic rings. The molecular weight excluding hydrogens is 323 g/mol. The Kier molecular flexibility index (Phi) is 6.39. The second kappa shape index (κ2) is 6.72. The van der Waals surface area contributed by atoms with E-state index in [0.29, 0.717) is 10.9 Å². The molecule has 0 atom stereocenters. The van der Waals surface area contributed by atoms with Crippen molar-refractivity contribution < 1.29 is 23.6 Å². The molecule has 0 fully saturated rings. The van der Waals surface area contributed by atoms with E-state index in [1.807, 2.05) is 6.92 Å². The first-order valence-electron chi connectivity index (χ1n) is 4.90. The molecule has 0 aliphatic heterocycles. The zero-order valence-corrected chi connectivity index (χ0v) is 12.7. The van der Waals surface area contributed by atoms with Crippen molar-refractivity contribution >= 4 is 37.5 Å². The molecule has 0 spiro atoms. The Labute approximate surface area is 99.7 Å². The van der Waals surface area contributed by atoms with Gasteiger partial charge in [0.2, 0.25) is 0 Å². The van der Waals surface area contributed by atoms with E-state index in [-0.39, 0.29) is 0 Å². The molecule has 0 N–H and O–H groups in total. The van der Waals surface area contributed by atoms with Crippen LogP contribution >= 0.6 is 0 Å². The molecule has 16 heavy (non-hydrogen) atoms. The van der Waals surface area contributed by atoms with E-state index in [1.54, 1.807) is 0 Å². The molecular formula is C9H16O6Sn. The third-order valence-corrected chi connectivity index (χ3v) is 9.75. The number of hydrogen-bond donors (Lipinski definition) is 0. The van der Waals surface area contributed by atoms with Crippen LogP contribution in [0.5, 0.6) is 0 Å². The third kappa shape index (κ3) is 5.94. The van der Waals surface area contributed by atoms with Crippen LogP contribution in [0.2, 0.25) is 4.44 Å². The van der Waals surface area contributed by atoms with Crippen molar-refractivity contribution in [3.05, 3.63) is 0 Å². The van der Waals surface area contributed by atoms with E-state index >= 15 is 0 Å². The van der Waals surface area contributed by atoms with Gasteiger partial charge in [0.15, 0.2) is 0 Å². The average Bonchev–Trinajstić information content (AvgIpc) is 1.98. The van der Waals surface area contributed by atoms with Crippen LogP contribution in [-0.2, 0) is 23.6 Å². The maximum atomic E-state index is 10.9.